The van der Waals surface area contributed by atoms with Gasteiger partial charge in [-0.05, 0) is 11.7 Å². The first kappa shape index (κ1) is 13.0. The Hall–Kier alpha value is -1.03. The minimum Gasteiger partial charge on any atom is -0.496 e. The monoisotopic (exact) mass is 242 g/mol. The Morgan fingerprint density at radius 3 is 2.00 bits per heavy atom. The molecule has 3 nitrogen and oxygen atoms in total. The van der Waals surface area contributed by atoms with Crippen LogP contribution in [-0.2, 0) is 0 Å². The normalized spacial score (nSPS) is 12.0. The van der Waals surface area contributed by atoms with Gasteiger partial charge in [0.25, 0.3) is 0 Å². The third-order valence-corrected chi connectivity index (χ3v) is 2.79. The van der Waals surface area contributed by atoms with Crippen molar-refractivity contribution in [3.8, 4) is 17.2 Å². The number of ether oxygens (including phenoxy) is 3. The largest absolute Gasteiger partial charge is 0.496 e. The van der Waals surface area contributed by atoms with Crippen molar-refractivity contribution in [2.45, 2.75) is 6.92 Å². The van der Waals surface area contributed by atoms with Gasteiger partial charge in [0.05, 0.1) is 20.8 Å². The van der Waals surface area contributed by atoms with Crippen molar-refractivity contribution < 1.29 is 14.2 Å². The highest BCUT2D eigenvalue weighted by atomic mass is 32.1. The van der Waals surface area contributed by atoms with E-state index in [-0.39, 0.29) is 0 Å². The predicted molar refractivity (Wildman–Crippen MR) is 68.1 cm³/mol. The fourth-order valence-electron chi connectivity index (χ4n) is 1.16. The molecule has 1 unspecified atom stereocenters. The zero-order chi connectivity index (χ0) is 12.0. The molecule has 90 valence electrons. The zero-order valence-electron chi connectivity index (χ0n) is 9.90. The molecule has 0 heterocycles. The summed E-state index contributed by atoms with van der Waals surface area (Å²) in [4.78, 5) is 0. The highest BCUT2D eigenvalue weighted by Gasteiger charge is 2.05. The van der Waals surface area contributed by atoms with Crippen molar-refractivity contribution in [2.24, 2.45) is 5.92 Å². The summed E-state index contributed by atoms with van der Waals surface area (Å²) >= 11 is 4.21. The van der Waals surface area contributed by atoms with Gasteiger partial charge in [-0.1, -0.05) is 6.92 Å². The quantitative estimate of drug-likeness (QED) is 0.777. The summed E-state index contributed by atoms with van der Waals surface area (Å²) < 4.78 is 15.9. The average Bonchev–Trinajstić information content (AvgIpc) is 2.35. The smallest absolute Gasteiger partial charge is 0.126 e. The number of hydrogen-bond acceptors (Lipinski definition) is 4. The Bertz CT molecular complexity index is 306. The van der Waals surface area contributed by atoms with E-state index in [4.69, 9.17) is 14.2 Å². The van der Waals surface area contributed by atoms with Crippen LogP contribution >= 0.6 is 12.6 Å². The van der Waals surface area contributed by atoms with Gasteiger partial charge in [-0.3, -0.25) is 0 Å². The first-order valence-electron chi connectivity index (χ1n) is 5.16. The van der Waals surface area contributed by atoms with Crippen molar-refractivity contribution in [3.05, 3.63) is 18.2 Å². The van der Waals surface area contributed by atoms with Crippen LogP contribution in [0.4, 0.5) is 0 Å². The molecule has 0 aromatic heterocycles. The SMILES string of the molecule is COc1cc(OC)cc(OCC(C)CS)c1. The Morgan fingerprint density at radius 1 is 1.06 bits per heavy atom. The van der Waals surface area contributed by atoms with Gasteiger partial charge >= 0.3 is 0 Å². The molecule has 0 N–H and O–H groups in total. The minimum absolute atomic E-state index is 0.417. The fourth-order valence-corrected chi connectivity index (χ4v) is 1.26. The van der Waals surface area contributed by atoms with Gasteiger partial charge in [0.1, 0.15) is 17.2 Å². The van der Waals surface area contributed by atoms with Gasteiger partial charge in [-0.25, -0.2) is 0 Å². The van der Waals surface area contributed by atoms with Gasteiger partial charge in [0.15, 0.2) is 0 Å². The Morgan fingerprint density at radius 2 is 1.56 bits per heavy atom. The standard InChI is InChI=1S/C12H18O3S/c1-9(8-16)7-15-12-5-10(13-2)4-11(6-12)14-3/h4-6,9,16H,7-8H2,1-3H3. The van der Waals surface area contributed by atoms with Gasteiger partial charge in [0, 0.05) is 18.2 Å². The van der Waals surface area contributed by atoms with E-state index in [0.717, 1.165) is 23.0 Å². The second kappa shape index (κ2) is 6.53. The molecule has 0 saturated carbocycles. The highest BCUT2D eigenvalue weighted by Crippen LogP contribution is 2.27. The molecule has 0 fully saturated rings. The van der Waals surface area contributed by atoms with Crippen LogP contribution < -0.4 is 14.2 Å². The summed E-state index contributed by atoms with van der Waals surface area (Å²) in [7, 11) is 3.24. The van der Waals surface area contributed by atoms with Crippen LogP contribution in [-0.4, -0.2) is 26.6 Å². The van der Waals surface area contributed by atoms with E-state index in [2.05, 4.69) is 19.6 Å². The molecule has 16 heavy (non-hydrogen) atoms. The second-order valence-electron chi connectivity index (χ2n) is 3.65. The van der Waals surface area contributed by atoms with Crippen molar-refractivity contribution in [1.82, 2.24) is 0 Å². The van der Waals surface area contributed by atoms with Crippen LogP contribution in [0.1, 0.15) is 6.92 Å². The maximum Gasteiger partial charge on any atom is 0.126 e. The average molecular weight is 242 g/mol. The molecule has 0 aliphatic rings. The van der Waals surface area contributed by atoms with Crippen LogP contribution in [0.15, 0.2) is 18.2 Å². The van der Waals surface area contributed by atoms with Crippen molar-refractivity contribution in [3.63, 3.8) is 0 Å². The molecule has 0 aliphatic carbocycles. The first-order valence-corrected chi connectivity index (χ1v) is 5.79. The lowest BCUT2D eigenvalue weighted by molar-refractivity contribution is 0.270. The highest BCUT2D eigenvalue weighted by molar-refractivity contribution is 7.80. The van der Waals surface area contributed by atoms with E-state index in [0.29, 0.717) is 12.5 Å². The summed E-state index contributed by atoms with van der Waals surface area (Å²) in [5.74, 6) is 3.44. The predicted octanol–water partition coefficient (Wildman–Crippen LogP) is 2.65. The molecule has 1 rings (SSSR count). The summed E-state index contributed by atoms with van der Waals surface area (Å²) in [6.07, 6.45) is 0. The van der Waals surface area contributed by atoms with E-state index >= 15 is 0 Å². The molecule has 0 spiro atoms. The Labute approximate surface area is 102 Å². The molecule has 4 heteroatoms. The summed E-state index contributed by atoms with van der Waals surface area (Å²) in [5, 5.41) is 0. The van der Waals surface area contributed by atoms with Gasteiger partial charge in [-0.2, -0.15) is 12.6 Å². The molecule has 0 amide bonds. The number of rotatable bonds is 6. The van der Waals surface area contributed by atoms with Crippen LogP contribution in [0.25, 0.3) is 0 Å². The Kier molecular flexibility index (Phi) is 5.32. The lowest BCUT2D eigenvalue weighted by Gasteiger charge is -2.12. The maximum absolute atomic E-state index is 5.63. The lowest BCUT2D eigenvalue weighted by atomic mass is 10.2. The molecule has 1 atom stereocenters. The van der Waals surface area contributed by atoms with Gasteiger partial charge < -0.3 is 14.2 Å². The summed E-state index contributed by atoms with van der Waals surface area (Å²) in [6.45, 7) is 2.73. The summed E-state index contributed by atoms with van der Waals surface area (Å²) in [6, 6.07) is 5.50. The molecular formula is C12H18O3S. The third-order valence-electron chi connectivity index (χ3n) is 2.17. The lowest BCUT2D eigenvalue weighted by Crippen LogP contribution is -2.09. The molecular weight excluding hydrogens is 224 g/mol. The molecule has 1 aromatic carbocycles. The van der Waals surface area contributed by atoms with Crippen molar-refractivity contribution >= 4 is 12.6 Å². The number of hydrogen-bond donors (Lipinski definition) is 1. The molecule has 0 bridgehead atoms. The minimum atomic E-state index is 0.417. The number of benzene rings is 1. The number of methoxy groups -OCH3 is 2. The van der Waals surface area contributed by atoms with E-state index in [1.54, 1.807) is 14.2 Å². The van der Waals surface area contributed by atoms with E-state index < -0.39 is 0 Å². The number of thiol groups is 1. The van der Waals surface area contributed by atoms with E-state index in [9.17, 15) is 0 Å². The van der Waals surface area contributed by atoms with E-state index in [1.165, 1.54) is 0 Å². The first-order chi connectivity index (χ1) is 7.69. The molecule has 1 aromatic rings. The van der Waals surface area contributed by atoms with Crippen molar-refractivity contribution in [2.75, 3.05) is 26.6 Å². The summed E-state index contributed by atoms with van der Waals surface area (Å²) in [5.41, 5.74) is 0. The fraction of sp³-hybridized carbons (Fsp3) is 0.500. The van der Waals surface area contributed by atoms with Crippen LogP contribution in [0.2, 0.25) is 0 Å². The maximum atomic E-state index is 5.63. The van der Waals surface area contributed by atoms with Gasteiger partial charge in [0.2, 0.25) is 0 Å². The second-order valence-corrected chi connectivity index (χ2v) is 4.01. The van der Waals surface area contributed by atoms with Crippen LogP contribution in [0.3, 0.4) is 0 Å². The van der Waals surface area contributed by atoms with E-state index in [1.807, 2.05) is 18.2 Å². The topological polar surface area (TPSA) is 27.7 Å². The van der Waals surface area contributed by atoms with Crippen LogP contribution in [0, 0.1) is 5.92 Å². The van der Waals surface area contributed by atoms with Crippen molar-refractivity contribution in [1.29, 1.82) is 0 Å². The van der Waals surface area contributed by atoms with Gasteiger partial charge in [-0.15, -0.1) is 0 Å². The molecule has 0 radical (unpaired) electrons. The van der Waals surface area contributed by atoms with Crippen LogP contribution in [0.5, 0.6) is 17.2 Å². The third kappa shape index (κ3) is 3.85. The Balaban J connectivity index is 2.71. The molecule has 0 aliphatic heterocycles. The molecule has 0 saturated heterocycles. The zero-order valence-corrected chi connectivity index (χ0v) is 10.8.